The van der Waals surface area contributed by atoms with Crippen LogP contribution in [0.25, 0.3) is 0 Å². The summed E-state index contributed by atoms with van der Waals surface area (Å²) in [6.45, 7) is 1.17. The van der Waals surface area contributed by atoms with Gasteiger partial charge in [-0.15, -0.1) is 0 Å². The molecule has 2 saturated heterocycles. The summed E-state index contributed by atoms with van der Waals surface area (Å²) in [4.78, 5) is 38.8. The molecule has 27 heavy (non-hydrogen) atoms. The quantitative estimate of drug-likeness (QED) is 0.851. The van der Waals surface area contributed by atoms with Gasteiger partial charge in [0.2, 0.25) is 11.8 Å². The van der Waals surface area contributed by atoms with Crippen molar-refractivity contribution >= 4 is 23.5 Å². The van der Waals surface area contributed by atoms with E-state index in [4.69, 9.17) is 5.11 Å². The normalized spacial score (nSPS) is 23.0. The van der Waals surface area contributed by atoms with Gasteiger partial charge in [-0.1, -0.05) is 0 Å². The minimum absolute atomic E-state index is 0.00720. The van der Waals surface area contributed by atoms with Gasteiger partial charge >= 0.3 is 5.97 Å². The molecule has 2 amide bonds. The summed E-state index contributed by atoms with van der Waals surface area (Å²) in [6.07, 6.45) is 2.29. The van der Waals surface area contributed by atoms with E-state index in [0.29, 0.717) is 19.5 Å². The minimum Gasteiger partial charge on any atom is -0.481 e. The first kappa shape index (κ1) is 19.3. The van der Waals surface area contributed by atoms with E-state index in [1.807, 2.05) is 0 Å². The lowest BCUT2D eigenvalue weighted by Crippen LogP contribution is -2.43. The van der Waals surface area contributed by atoms with Crippen LogP contribution in [-0.2, 0) is 14.4 Å². The number of rotatable bonds is 5. The Bertz CT molecular complexity index is 735. The van der Waals surface area contributed by atoms with Crippen molar-refractivity contribution in [2.45, 2.75) is 32.1 Å². The number of nitrogens with zero attached hydrogens (tertiary/aromatic N) is 2. The van der Waals surface area contributed by atoms with Crippen molar-refractivity contribution in [3.05, 3.63) is 29.8 Å². The molecule has 1 N–H and O–H groups in total. The monoisotopic (exact) mass is 380 g/mol. The zero-order valence-corrected chi connectivity index (χ0v) is 14.9. The fourth-order valence-corrected chi connectivity index (χ4v) is 3.90. The zero-order chi connectivity index (χ0) is 19.6. The fourth-order valence-electron chi connectivity index (χ4n) is 3.90. The predicted molar refractivity (Wildman–Crippen MR) is 93.0 cm³/mol. The highest BCUT2D eigenvalue weighted by molar-refractivity contribution is 6.00. The summed E-state index contributed by atoms with van der Waals surface area (Å²) < 4.78 is 26.9. The number of halogens is 2. The molecule has 0 unspecified atom stereocenters. The van der Waals surface area contributed by atoms with Crippen molar-refractivity contribution in [3.63, 3.8) is 0 Å². The second-order valence-electron chi connectivity index (χ2n) is 7.26. The van der Waals surface area contributed by atoms with Crippen LogP contribution in [0.3, 0.4) is 0 Å². The molecule has 0 aliphatic carbocycles. The maximum Gasteiger partial charge on any atom is 0.303 e. The molecule has 2 aliphatic heterocycles. The number of hydrogen-bond donors (Lipinski definition) is 1. The van der Waals surface area contributed by atoms with Gasteiger partial charge in [0.25, 0.3) is 0 Å². The van der Waals surface area contributed by atoms with E-state index >= 15 is 0 Å². The second-order valence-corrected chi connectivity index (χ2v) is 7.26. The second kappa shape index (κ2) is 8.02. The van der Waals surface area contributed by atoms with E-state index in [-0.39, 0.29) is 42.8 Å². The first-order valence-electron chi connectivity index (χ1n) is 9.10. The SMILES string of the molecule is O=C(O)CC[C@@H]1CCCN(C(=O)[C@@H]2CC(=O)N(c3cc(F)cc(F)c3)C2)C1. The number of carbonyl (C=O) groups is 3. The lowest BCUT2D eigenvalue weighted by atomic mass is 9.92. The number of aliphatic carboxylic acids is 1. The highest BCUT2D eigenvalue weighted by Gasteiger charge is 2.38. The third-order valence-corrected chi connectivity index (χ3v) is 5.23. The largest absolute Gasteiger partial charge is 0.481 e. The molecular weight excluding hydrogens is 358 g/mol. The van der Waals surface area contributed by atoms with Gasteiger partial charge in [0.15, 0.2) is 0 Å². The zero-order valence-electron chi connectivity index (χ0n) is 14.9. The molecule has 0 aromatic heterocycles. The fraction of sp³-hybridized carbons (Fsp3) is 0.526. The molecule has 0 radical (unpaired) electrons. The number of piperidine rings is 1. The summed E-state index contributed by atoms with van der Waals surface area (Å²) in [5, 5.41) is 8.82. The van der Waals surface area contributed by atoms with Gasteiger partial charge in [0.1, 0.15) is 11.6 Å². The van der Waals surface area contributed by atoms with Crippen molar-refractivity contribution in [3.8, 4) is 0 Å². The molecule has 2 atom stereocenters. The average Bonchev–Trinajstić information content (AvgIpc) is 3.00. The Hall–Kier alpha value is -2.51. The average molecular weight is 380 g/mol. The van der Waals surface area contributed by atoms with Crippen LogP contribution in [0.1, 0.15) is 32.1 Å². The smallest absolute Gasteiger partial charge is 0.303 e. The van der Waals surface area contributed by atoms with Gasteiger partial charge in [0.05, 0.1) is 5.92 Å². The number of likely N-dealkylation sites (tertiary alicyclic amines) is 1. The Morgan fingerprint density at radius 1 is 1.15 bits per heavy atom. The number of anilines is 1. The highest BCUT2D eigenvalue weighted by atomic mass is 19.1. The number of carbonyl (C=O) groups excluding carboxylic acids is 2. The van der Waals surface area contributed by atoms with Crippen LogP contribution in [0.5, 0.6) is 0 Å². The van der Waals surface area contributed by atoms with Crippen molar-refractivity contribution in [1.29, 1.82) is 0 Å². The van der Waals surface area contributed by atoms with Gasteiger partial charge in [0, 0.05) is 44.2 Å². The molecule has 1 aromatic carbocycles. The number of benzene rings is 1. The topological polar surface area (TPSA) is 77.9 Å². The maximum atomic E-state index is 13.4. The molecule has 1 aromatic rings. The first-order valence-corrected chi connectivity index (χ1v) is 9.10. The van der Waals surface area contributed by atoms with Gasteiger partial charge in [-0.05, 0) is 37.3 Å². The third kappa shape index (κ3) is 4.61. The lowest BCUT2D eigenvalue weighted by Gasteiger charge is -2.34. The maximum absolute atomic E-state index is 13.4. The Balaban J connectivity index is 1.64. The van der Waals surface area contributed by atoms with E-state index in [0.717, 1.165) is 31.0 Å². The molecule has 2 aliphatic rings. The minimum atomic E-state index is -0.849. The summed E-state index contributed by atoms with van der Waals surface area (Å²) in [5.41, 5.74) is 0.116. The molecule has 0 bridgehead atoms. The molecule has 3 rings (SSSR count). The van der Waals surface area contributed by atoms with E-state index in [2.05, 4.69) is 0 Å². The van der Waals surface area contributed by atoms with Gasteiger partial charge < -0.3 is 14.9 Å². The van der Waals surface area contributed by atoms with Crippen molar-refractivity contribution in [1.82, 2.24) is 4.90 Å². The van der Waals surface area contributed by atoms with E-state index < -0.39 is 23.5 Å². The number of carboxylic acid groups (broad SMARTS) is 1. The van der Waals surface area contributed by atoms with Gasteiger partial charge in [-0.3, -0.25) is 14.4 Å². The number of amides is 2. The Morgan fingerprint density at radius 3 is 2.52 bits per heavy atom. The molecule has 146 valence electrons. The molecule has 2 fully saturated rings. The Morgan fingerprint density at radius 2 is 1.85 bits per heavy atom. The molecule has 0 saturated carbocycles. The third-order valence-electron chi connectivity index (χ3n) is 5.23. The van der Waals surface area contributed by atoms with Crippen molar-refractivity contribution in [2.24, 2.45) is 11.8 Å². The summed E-state index contributed by atoms with van der Waals surface area (Å²) >= 11 is 0. The van der Waals surface area contributed by atoms with Crippen molar-refractivity contribution in [2.75, 3.05) is 24.5 Å². The first-order chi connectivity index (χ1) is 12.8. The summed E-state index contributed by atoms with van der Waals surface area (Å²) in [5.74, 6) is -3.29. The van der Waals surface area contributed by atoms with Crippen LogP contribution in [0.2, 0.25) is 0 Å². The molecular formula is C19H22F2N2O4. The van der Waals surface area contributed by atoms with Crippen LogP contribution >= 0.6 is 0 Å². The number of hydrogen-bond acceptors (Lipinski definition) is 3. The molecule has 6 nitrogen and oxygen atoms in total. The van der Waals surface area contributed by atoms with Gasteiger partial charge in [-0.25, -0.2) is 8.78 Å². The van der Waals surface area contributed by atoms with Crippen LogP contribution in [0.15, 0.2) is 18.2 Å². The number of carboxylic acids is 1. The summed E-state index contributed by atoms with van der Waals surface area (Å²) in [7, 11) is 0. The molecule has 8 heteroatoms. The van der Waals surface area contributed by atoms with E-state index in [9.17, 15) is 23.2 Å². The summed E-state index contributed by atoms with van der Waals surface area (Å²) in [6, 6.07) is 2.89. The lowest BCUT2D eigenvalue weighted by molar-refractivity contribution is -0.138. The van der Waals surface area contributed by atoms with Crippen LogP contribution in [0, 0.1) is 23.5 Å². The van der Waals surface area contributed by atoms with Gasteiger partial charge in [-0.2, -0.15) is 0 Å². The van der Waals surface area contributed by atoms with Crippen molar-refractivity contribution < 1.29 is 28.3 Å². The van der Waals surface area contributed by atoms with E-state index in [1.165, 1.54) is 4.90 Å². The Kier molecular flexibility index (Phi) is 5.72. The van der Waals surface area contributed by atoms with Crippen LogP contribution < -0.4 is 4.90 Å². The molecule has 0 spiro atoms. The predicted octanol–water partition coefficient (Wildman–Crippen LogP) is 2.42. The Labute approximate surface area is 155 Å². The molecule has 2 heterocycles. The standard InChI is InChI=1S/C19H22F2N2O4/c20-14-7-15(21)9-16(8-14)23-11-13(6-17(23)24)19(27)22-5-1-2-12(10-22)3-4-18(25)26/h7-9,12-13H,1-6,10-11H2,(H,25,26)/t12-,13+/m0/s1. The highest BCUT2D eigenvalue weighted by Crippen LogP contribution is 2.29. The van der Waals surface area contributed by atoms with E-state index in [1.54, 1.807) is 4.90 Å². The van der Waals surface area contributed by atoms with Crippen LogP contribution in [0.4, 0.5) is 14.5 Å². The van der Waals surface area contributed by atoms with Crippen LogP contribution in [-0.4, -0.2) is 47.4 Å².